The summed E-state index contributed by atoms with van der Waals surface area (Å²) in [4.78, 5) is 17.6. The van der Waals surface area contributed by atoms with E-state index in [-0.39, 0.29) is 17.2 Å². The van der Waals surface area contributed by atoms with Crippen molar-refractivity contribution < 1.29 is 9.53 Å². The summed E-state index contributed by atoms with van der Waals surface area (Å²) in [6.45, 7) is 9.85. The van der Waals surface area contributed by atoms with E-state index in [0.717, 1.165) is 44.5 Å². The molecule has 0 fully saturated rings. The molecule has 0 spiro atoms. The number of fused-ring (bicyclic) bond motifs is 1. The number of ether oxygens (including phenoxy) is 1. The van der Waals surface area contributed by atoms with Crippen LogP contribution in [0.3, 0.4) is 0 Å². The fourth-order valence-electron chi connectivity index (χ4n) is 3.59. The van der Waals surface area contributed by atoms with E-state index in [1.807, 2.05) is 43.3 Å². The number of nitrogens with one attached hydrogen (secondary N) is 2. The van der Waals surface area contributed by atoms with Crippen molar-refractivity contribution in [3.05, 3.63) is 64.1 Å². The molecule has 0 aliphatic heterocycles. The first kappa shape index (κ1) is 25.0. The molecule has 33 heavy (non-hydrogen) atoms. The standard InChI is InChI=1S/C27H34BrN3O2/c1-18(26(32)29-13-12-27(2,3)4)14-21-15-20-16-22(28)8-11-24(20)31-25(21)30-17-19-6-9-23(33-5)10-7-19/h6-11,15-16,18H,12-14,17H2,1-5H3,(H,29,32)(H,30,31). The lowest BCUT2D eigenvalue weighted by Crippen LogP contribution is -2.32. The second-order valence-corrected chi connectivity index (χ2v) is 10.7. The van der Waals surface area contributed by atoms with Gasteiger partial charge in [0.2, 0.25) is 5.91 Å². The normalized spacial score (nSPS) is 12.4. The fourth-order valence-corrected chi connectivity index (χ4v) is 3.97. The maximum atomic E-state index is 12.7. The summed E-state index contributed by atoms with van der Waals surface area (Å²) in [6.07, 6.45) is 1.56. The van der Waals surface area contributed by atoms with E-state index in [1.165, 1.54) is 0 Å². The molecule has 0 saturated heterocycles. The average Bonchev–Trinajstić information content (AvgIpc) is 2.77. The lowest BCUT2D eigenvalue weighted by molar-refractivity contribution is -0.124. The van der Waals surface area contributed by atoms with Gasteiger partial charge >= 0.3 is 0 Å². The number of aromatic nitrogens is 1. The van der Waals surface area contributed by atoms with Crippen LogP contribution in [0.2, 0.25) is 0 Å². The highest BCUT2D eigenvalue weighted by Gasteiger charge is 2.18. The number of carbonyl (C=O) groups is 1. The Bertz CT molecular complexity index is 1090. The van der Waals surface area contributed by atoms with Crippen molar-refractivity contribution >= 4 is 38.6 Å². The van der Waals surface area contributed by atoms with Crippen molar-refractivity contribution in [1.82, 2.24) is 10.3 Å². The molecule has 176 valence electrons. The number of nitrogens with zero attached hydrogens (tertiary/aromatic N) is 1. The van der Waals surface area contributed by atoms with Gasteiger partial charge in [-0.15, -0.1) is 0 Å². The highest BCUT2D eigenvalue weighted by atomic mass is 79.9. The van der Waals surface area contributed by atoms with Gasteiger partial charge < -0.3 is 15.4 Å². The van der Waals surface area contributed by atoms with Crippen LogP contribution in [0.25, 0.3) is 10.9 Å². The summed E-state index contributed by atoms with van der Waals surface area (Å²) in [6, 6.07) is 16.2. The number of anilines is 1. The molecule has 3 aromatic rings. The van der Waals surface area contributed by atoms with E-state index in [9.17, 15) is 4.79 Å². The van der Waals surface area contributed by atoms with Gasteiger partial charge in [-0.2, -0.15) is 0 Å². The molecule has 5 nitrogen and oxygen atoms in total. The maximum absolute atomic E-state index is 12.7. The third-order valence-corrected chi connectivity index (χ3v) is 6.12. The van der Waals surface area contributed by atoms with E-state index in [4.69, 9.17) is 9.72 Å². The SMILES string of the molecule is COc1ccc(CNc2nc3ccc(Br)cc3cc2CC(C)C(=O)NCCC(C)(C)C)cc1. The minimum absolute atomic E-state index is 0.0784. The first-order chi connectivity index (χ1) is 15.6. The van der Waals surface area contributed by atoms with Crippen LogP contribution in [0.5, 0.6) is 5.75 Å². The van der Waals surface area contributed by atoms with Gasteiger partial charge in [0.25, 0.3) is 0 Å². The Labute approximate surface area is 205 Å². The van der Waals surface area contributed by atoms with Gasteiger partial charge in [-0.1, -0.05) is 55.8 Å². The number of benzene rings is 2. The molecular weight excluding hydrogens is 478 g/mol. The smallest absolute Gasteiger partial charge is 0.223 e. The average molecular weight is 512 g/mol. The van der Waals surface area contributed by atoms with E-state index in [1.54, 1.807) is 7.11 Å². The van der Waals surface area contributed by atoms with Crippen molar-refractivity contribution in [3.8, 4) is 5.75 Å². The number of hydrogen-bond donors (Lipinski definition) is 2. The molecule has 1 unspecified atom stereocenters. The summed E-state index contributed by atoms with van der Waals surface area (Å²) < 4.78 is 6.26. The monoisotopic (exact) mass is 511 g/mol. The zero-order chi connectivity index (χ0) is 24.0. The molecule has 0 aliphatic carbocycles. The summed E-state index contributed by atoms with van der Waals surface area (Å²) >= 11 is 3.55. The summed E-state index contributed by atoms with van der Waals surface area (Å²) in [5.41, 5.74) is 3.28. The fraction of sp³-hybridized carbons (Fsp3) is 0.407. The number of rotatable bonds is 9. The van der Waals surface area contributed by atoms with Crippen molar-refractivity contribution in [2.45, 2.75) is 47.1 Å². The minimum Gasteiger partial charge on any atom is -0.497 e. The molecule has 1 amide bonds. The summed E-state index contributed by atoms with van der Waals surface area (Å²) in [5, 5.41) is 7.63. The molecule has 1 atom stereocenters. The minimum atomic E-state index is -0.155. The Morgan fingerprint density at radius 1 is 1.12 bits per heavy atom. The van der Waals surface area contributed by atoms with Crippen molar-refractivity contribution in [2.75, 3.05) is 19.0 Å². The number of pyridine rings is 1. The van der Waals surface area contributed by atoms with Crippen LogP contribution in [-0.4, -0.2) is 24.5 Å². The molecule has 2 aromatic carbocycles. The Morgan fingerprint density at radius 2 is 1.85 bits per heavy atom. The largest absolute Gasteiger partial charge is 0.497 e. The second-order valence-electron chi connectivity index (χ2n) is 9.74. The van der Waals surface area contributed by atoms with Crippen LogP contribution in [-0.2, 0) is 17.8 Å². The quantitative estimate of drug-likeness (QED) is 0.351. The van der Waals surface area contributed by atoms with Crippen LogP contribution in [0, 0.1) is 11.3 Å². The van der Waals surface area contributed by atoms with E-state index < -0.39 is 0 Å². The molecule has 1 aromatic heterocycles. The van der Waals surface area contributed by atoms with E-state index in [0.29, 0.717) is 19.5 Å². The van der Waals surface area contributed by atoms with E-state index in [2.05, 4.69) is 59.5 Å². The molecule has 0 saturated carbocycles. The third-order valence-electron chi connectivity index (χ3n) is 5.62. The Hall–Kier alpha value is -2.60. The van der Waals surface area contributed by atoms with Crippen LogP contribution < -0.4 is 15.4 Å². The molecule has 0 bridgehead atoms. The Kier molecular flexibility index (Phi) is 8.35. The number of halogens is 1. The van der Waals surface area contributed by atoms with Gasteiger partial charge in [-0.3, -0.25) is 4.79 Å². The van der Waals surface area contributed by atoms with Gasteiger partial charge in [-0.25, -0.2) is 4.98 Å². The molecule has 0 radical (unpaired) electrons. The first-order valence-corrected chi connectivity index (χ1v) is 12.2. The third kappa shape index (κ3) is 7.46. The van der Waals surface area contributed by atoms with Gasteiger partial charge in [0.05, 0.1) is 12.6 Å². The number of carbonyl (C=O) groups excluding carboxylic acids is 1. The van der Waals surface area contributed by atoms with E-state index >= 15 is 0 Å². The maximum Gasteiger partial charge on any atom is 0.223 e. The van der Waals surface area contributed by atoms with Crippen molar-refractivity contribution in [3.63, 3.8) is 0 Å². The van der Waals surface area contributed by atoms with Crippen molar-refractivity contribution in [1.29, 1.82) is 0 Å². The van der Waals surface area contributed by atoms with Gasteiger partial charge in [0, 0.05) is 28.9 Å². The number of methoxy groups -OCH3 is 1. The van der Waals surface area contributed by atoms with Crippen LogP contribution >= 0.6 is 15.9 Å². The predicted molar refractivity (Wildman–Crippen MR) is 140 cm³/mol. The number of amides is 1. The highest BCUT2D eigenvalue weighted by molar-refractivity contribution is 9.10. The highest BCUT2D eigenvalue weighted by Crippen LogP contribution is 2.26. The predicted octanol–water partition coefficient (Wildman–Crippen LogP) is 6.35. The number of hydrogen-bond acceptors (Lipinski definition) is 4. The van der Waals surface area contributed by atoms with Gasteiger partial charge in [0.15, 0.2) is 0 Å². The summed E-state index contributed by atoms with van der Waals surface area (Å²) in [5.74, 6) is 1.57. The molecule has 6 heteroatoms. The summed E-state index contributed by atoms with van der Waals surface area (Å²) in [7, 11) is 1.66. The van der Waals surface area contributed by atoms with Crippen LogP contribution in [0.4, 0.5) is 5.82 Å². The zero-order valence-electron chi connectivity index (χ0n) is 20.2. The zero-order valence-corrected chi connectivity index (χ0v) is 21.8. The molecular formula is C27H34BrN3O2. The molecule has 3 rings (SSSR count). The first-order valence-electron chi connectivity index (χ1n) is 11.4. The topological polar surface area (TPSA) is 63.2 Å². The van der Waals surface area contributed by atoms with Gasteiger partial charge in [0.1, 0.15) is 11.6 Å². The Balaban J connectivity index is 1.78. The van der Waals surface area contributed by atoms with Crippen LogP contribution in [0.1, 0.15) is 45.2 Å². The van der Waals surface area contributed by atoms with Crippen LogP contribution in [0.15, 0.2) is 53.0 Å². The molecule has 1 heterocycles. The Morgan fingerprint density at radius 3 is 2.52 bits per heavy atom. The van der Waals surface area contributed by atoms with Crippen molar-refractivity contribution in [2.24, 2.45) is 11.3 Å². The lowest BCUT2D eigenvalue weighted by atomic mass is 9.92. The molecule has 0 aliphatic rings. The molecule has 2 N–H and O–H groups in total. The lowest BCUT2D eigenvalue weighted by Gasteiger charge is -2.20. The second kappa shape index (κ2) is 11.0. The van der Waals surface area contributed by atoms with Gasteiger partial charge in [-0.05, 0) is 65.8 Å².